The largest absolute Gasteiger partial charge is 0.308 e. The molecule has 252 valence electrons. The van der Waals surface area contributed by atoms with Crippen molar-refractivity contribution in [2.45, 2.75) is 0 Å². The molecule has 0 amide bonds. The number of benzene rings is 8. The maximum absolute atomic E-state index is 5.34. The van der Waals surface area contributed by atoms with E-state index < -0.39 is 0 Å². The van der Waals surface area contributed by atoms with Gasteiger partial charge >= 0.3 is 0 Å². The molecule has 0 aliphatic carbocycles. The van der Waals surface area contributed by atoms with Crippen LogP contribution in [0.4, 0.5) is 0 Å². The molecule has 0 fully saturated rings. The SMILES string of the molecule is c1ccc(-c2ccc(-c3cc(-c4ccc5ccccc5c4)nc(-c4cccc5c4sc4c5ccc5c6ccccc6n(-c6ccccc6)c54)n3)cc2)cc1. The molecule has 0 saturated carbocycles. The van der Waals surface area contributed by atoms with Crippen LogP contribution < -0.4 is 0 Å². The molecule has 54 heavy (non-hydrogen) atoms. The number of aromatic nitrogens is 3. The molecule has 0 bridgehead atoms. The molecule has 0 unspecified atom stereocenters. The average Bonchev–Trinajstić information content (AvgIpc) is 3.80. The fourth-order valence-electron chi connectivity index (χ4n) is 8.00. The summed E-state index contributed by atoms with van der Waals surface area (Å²) in [5, 5.41) is 7.37. The molecule has 3 nitrogen and oxygen atoms in total. The maximum atomic E-state index is 5.34. The van der Waals surface area contributed by atoms with Crippen LogP contribution in [0.15, 0.2) is 188 Å². The van der Waals surface area contributed by atoms with Crippen molar-refractivity contribution in [3.8, 4) is 50.7 Å². The van der Waals surface area contributed by atoms with Gasteiger partial charge < -0.3 is 4.57 Å². The van der Waals surface area contributed by atoms with E-state index in [1.54, 1.807) is 0 Å². The van der Waals surface area contributed by atoms with Crippen LogP contribution in [0, 0.1) is 0 Å². The first-order valence-electron chi connectivity index (χ1n) is 18.2. The van der Waals surface area contributed by atoms with Gasteiger partial charge in [0.15, 0.2) is 5.82 Å². The van der Waals surface area contributed by atoms with Crippen LogP contribution in [-0.4, -0.2) is 14.5 Å². The smallest absolute Gasteiger partial charge is 0.161 e. The number of thiophene rings is 1. The van der Waals surface area contributed by atoms with Gasteiger partial charge in [0.25, 0.3) is 0 Å². The molecule has 0 atom stereocenters. The van der Waals surface area contributed by atoms with E-state index in [-0.39, 0.29) is 0 Å². The molecule has 0 N–H and O–H groups in total. The van der Waals surface area contributed by atoms with E-state index in [9.17, 15) is 0 Å². The molecule has 3 heterocycles. The Kier molecular flexibility index (Phi) is 7.04. The second kappa shape index (κ2) is 12.4. The van der Waals surface area contributed by atoms with Crippen molar-refractivity contribution >= 4 is 64.1 Å². The highest BCUT2D eigenvalue weighted by Crippen LogP contribution is 2.45. The Morgan fingerprint density at radius 1 is 0.389 bits per heavy atom. The Bertz CT molecular complexity index is 3200. The molecule has 0 aliphatic rings. The van der Waals surface area contributed by atoms with Crippen molar-refractivity contribution in [3.63, 3.8) is 0 Å². The quantitative estimate of drug-likeness (QED) is 0.178. The number of fused-ring (bicyclic) bond motifs is 8. The molecule has 8 aromatic carbocycles. The standard InChI is InChI=1S/C50H31N3S/c1-3-12-32(13-4-1)34-22-25-35(26-23-34)44-31-45(37-27-24-33-14-7-8-15-36(33)30-37)52-50(51-44)43-20-11-19-41-42-29-28-40-39-18-9-10-21-46(39)53(38-16-5-2-6-17-38)47(40)49(42)54-48(41)43/h1-31H. The van der Waals surface area contributed by atoms with Crippen LogP contribution in [0.5, 0.6) is 0 Å². The number of para-hydroxylation sites is 2. The molecule has 11 rings (SSSR count). The predicted octanol–water partition coefficient (Wildman–Crippen LogP) is 13.8. The van der Waals surface area contributed by atoms with Crippen molar-refractivity contribution in [3.05, 3.63) is 188 Å². The minimum Gasteiger partial charge on any atom is -0.308 e. The van der Waals surface area contributed by atoms with Gasteiger partial charge in [0.05, 0.1) is 27.1 Å². The molecule has 0 saturated heterocycles. The molecule has 0 radical (unpaired) electrons. The van der Waals surface area contributed by atoms with Crippen LogP contribution in [0.1, 0.15) is 0 Å². The second-order valence-electron chi connectivity index (χ2n) is 13.8. The van der Waals surface area contributed by atoms with Crippen LogP contribution in [-0.2, 0) is 0 Å². The van der Waals surface area contributed by atoms with E-state index in [0.717, 1.165) is 39.6 Å². The van der Waals surface area contributed by atoms with E-state index >= 15 is 0 Å². The summed E-state index contributed by atoms with van der Waals surface area (Å²) < 4.78 is 4.87. The summed E-state index contributed by atoms with van der Waals surface area (Å²) >= 11 is 1.84. The van der Waals surface area contributed by atoms with E-state index in [4.69, 9.17) is 9.97 Å². The minimum absolute atomic E-state index is 0.722. The summed E-state index contributed by atoms with van der Waals surface area (Å²) in [4.78, 5) is 10.7. The first kappa shape index (κ1) is 30.7. The number of nitrogens with zero attached hydrogens (tertiary/aromatic N) is 3. The molecule has 11 aromatic rings. The third kappa shape index (κ3) is 4.96. The van der Waals surface area contributed by atoms with Crippen LogP contribution in [0.2, 0.25) is 0 Å². The van der Waals surface area contributed by atoms with Gasteiger partial charge in [-0.15, -0.1) is 11.3 Å². The van der Waals surface area contributed by atoms with E-state index in [2.05, 4.69) is 193 Å². The van der Waals surface area contributed by atoms with Gasteiger partial charge in [0.1, 0.15) is 0 Å². The zero-order valence-corrected chi connectivity index (χ0v) is 30.0. The van der Waals surface area contributed by atoms with Gasteiger partial charge in [-0.2, -0.15) is 0 Å². The third-order valence-corrected chi connectivity index (χ3v) is 11.9. The summed E-state index contributed by atoms with van der Waals surface area (Å²) in [6, 6.07) is 67.1. The van der Waals surface area contributed by atoms with Crippen molar-refractivity contribution in [2.75, 3.05) is 0 Å². The van der Waals surface area contributed by atoms with Gasteiger partial charge in [-0.05, 0) is 58.3 Å². The van der Waals surface area contributed by atoms with Crippen LogP contribution in [0.25, 0.3) is 103 Å². The van der Waals surface area contributed by atoms with Crippen molar-refractivity contribution in [1.82, 2.24) is 14.5 Å². The Morgan fingerprint density at radius 3 is 1.83 bits per heavy atom. The second-order valence-corrected chi connectivity index (χ2v) is 14.8. The number of rotatable bonds is 5. The fourth-order valence-corrected chi connectivity index (χ4v) is 9.35. The van der Waals surface area contributed by atoms with E-state index in [1.165, 1.54) is 63.9 Å². The van der Waals surface area contributed by atoms with Crippen molar-refractivity contribution in [2.24, 2.45) is 0 Å². The molecular formula is C50H31N3S. The van der Waals surface area contributed by atoms with Gasteiger partial charge in [-0.1, -0.05) is 152 Å². The summed E-state index contributed by atoms with van der Waals surface area (Å²) in [6.07, 6.45) is 0. The summed E-state index contributed by atoms with van der Waals surface area (Å²) in [5.41, 5.74) is 10.9. The molecule has 0 spiro atoms. The van der Waals surface area contributed by atoms with Crippen molar-refractivity contribution < 1.29 is 0 Å². The van der Waals surface area contributed by atoms with Crippen LogP contribution >= 0.6 is 11.3 Å². The lowest BCUT2D eigenvalue weighted by Gasteiger charge is -2.11. The lowest BCUT2D eigenvalue weighted by Crippen LogP contribution is -1.96. The predicted molar refractivity (Wildman–Crippen MR) is 229 cm³/mol. The average molecular weight is 706 g/mol. The minimum atomic E-state index is 0.722. The molecule has 0 aliphatic heterocycles. The lowest BCUT2D eigenvalue weighted by molar-refractivity contribution is 1.19. The van der Waals surface area contributed by atoms with Crippen molar-refractivity contribution in [1.29, 1.82) is 0 Å². The Morgan fingerprint density at radius 2 is 1.00 bits per heavy atom. The number of hydrogen-bond donors (Lipinski definition) is 0. The molecule has 4 heteroatoms. The van der Waals surface area contributed by atoms with E-state index in [1.807, 2.05) is 11.3 Å². The first-order chi connectivity index (χ1) is 26.8. The Balaban J connectivity index is 1.15. The number of hydrogen-bond acceptors (Lipinski definition) is 3. The first-order valence-corrected chi connectivity index (χ1v) is 19.1. The maximum Gasteiger partial charge on any atom is 0.161 e. The lowest BCUT2D eigenvalue weighted by atomic mass is 10.0. The topological polar surface area (TPSA) is 30.7 Å². The summed E-state index contributed by atoms with van der Waals surface area (Å²) in [5.74, 6) is 0.722. The van der Waals surface area contributed by atoms with E-state index in [0.29, 0.717) is 0 Å². The normalized spacial score (nSPS) is 11.7. The van der Waals surface area contributed by atoms with Gasteiger partial charge in [0, 0.05) is 48.6 Å². The van der Waals surface area contributed by atoms with Crippen LogP contribution in [0.3, 0.4) is 0 Å². The summed E-state index contributed by atoms with van der Waals surface area (Å²) in [6.45, 7) is 0. The third-order valence-electron chi connectivity index (χ3n) is 10.6. The highest BCUT2D eigenvalue weighted by Gasteiger charge is 2.20. The molecular weight excluding hydrogens is 675 g/mol. The zero-order chi connectivity index (χ0) is 35.6. The highest BCUT2D eigenvalue weighted by molar-refractivity contribution is 7.27. The van der Waals surface area contributed by atoms with Gasteiger partial charge in [-0.25, -0.2) is 9.97 Å². The zero-order valence-electron chi connectivity index (χ0n) is 29.1. The molecule has 3 aromatic heterocycles. The highest BCUT2D eigenvalue weighted by atomic mass is 32.1. The van der Waals surface area contributed by atoms with Gasteiger partial charge in [0.2, 0.25) is 0 Å². The monoisotopic (exact) mass is 705 g/mol. The van der Waals surface area contributed by atoms with Gasteiger partial charge in [-0.3, -0.25) is 0 Å². The fraction of sp³-hybridized carbons (Fsp3) is 0. The Hall–Kier alpha value is -6.88. The Labute approximate surface area is 316 Å². The summed E-state index contributed by atoms with van der Waals surface area (Å²) in [7, 11) is 0.